The van der Waals surface area contributed by atoms with Gasteiger partial charge >= 0.3 is 6.03 Å². The first-order chi connectivity index (χ1) is 10.4. The molecule has 0 aliphatic carbocycles. The van der Waals surface area contributed by atoms with E-state index in [4.69, 9.17) is 4.74 Å². The third-order valence-corrected chi connectivity index (χ3v) is 3.85. The molecule has 0 saturated carbocycles. The normalized spacial score (nSPS) is 11.5. The highest BCUT2D eigenvalue weighted by molar-refractivity contribution is 5.86. The second-order valence-electron chi connectivity index (χ2n) is 6.12. The summed E-state index contributed by atoms with van der Waals surface area (Å²) in [7, 11) is 3.45. The van der Waals surface area contributed by atoms with E-state index < -0.39 is 0 Å². The second kappa shape index (κ2) is 6.79. The maximum Gasteiger partial charge on any atom is 0.317 e. The van der Waals surface area contributed by atoms with Crippen molar-refractivity contribution in [3.63, 3.8) is 0 Å². The largest absolute Gasteiger partial charge is 0.377 e. The van der Waals surface area contributed by atoms with Crippen molar-refractivity contribution in [2.75, 3.05) is 20.7 Å². The van der Waals surface area contributed by atoms with Gasteiger partial charge in [0, 0.05) is 27.2 Å². The number of nitrogens with zero attached hydrogens (tertiary/aromatic N) is 1. The lowest BCUT2D eigenvalue weighted by atomic mass is 10.0. The molecule has 0 radical (unpaired) electrons. The van der Waals surface area contributed by atoms with Gasteiger partial charge < -0.3 is 15.0 Å². The van der Waals surface area contributed by atoms with E-state index in [1.807, 2.05) is 32.0 Å². The lowest BCUT2D eigenvalue weighted by molar-refractivity contribution is 0.0245. The maximum absolute atomic E-state index is 12.2. The number of amides is 2. The van der Waals surface area contributed by atoms with Gasteiger partial charge in [-0.1, -0.05) is 42.5 Å². The molecule has 2 aromatic rings. The van der Waals surface area contributed by atoms with E-state index in [0.29, 0.717) is 13.1 Å². The van der Waals surface area contributed by atoms with Crippen molar-refractivity contribution < 1.29 is 9.53 Å². The van der Waals surface area contributed by atoms with Gasteiger partial charge in [-0.15, -0.1) is 0 Å². The van der Waals surface area contributed by atoms with Gasteiger partial charge in [0.2, 0.25) is 0 Å². The van der Waals surface area contributed by atoms with Crippen molar-refractivity contribution in [1.82, 2.24) is 10.2 Å². The zero-order chi connectivity index (χ0) is 16.2. The Hall–Kier alpha value is -2.07. The number of urea groups is 1. The molecule has 118 valence electrons. The number of nitrogens with one attached hydrogen (secondary N) is 1. The molecule has 0 unspecified atom stereocenters. The van der Waals surface area contributed by atoms with Crippen LogP contribution in [0.2, 0.25) is 0 Å². The lowest BCUT2D eigenvalue weighted by Crippen LogP contribution is -2.44. The summed E-state index contributed by atoms with van der Waals surface area (Å²) in [5, 5.41) is 5.28. The van der Waals surface area contributed by atoms with Crippen molar-refractivity contribution in [2.45, 2.75) is 26.0 Å². The Balaban J connectivity index is 2.04. The number of methoxy groups -OCH3 is 1. The summed E-state index contributed by atoms with van der Waals surface area (Å²) in [6, 6.07) is 14.3. The Morgan fingerprint density at radius 1 is 1.18 bits per heavy atom. The third-order valence-electron chi connectivity index (χ3n) is 3.85. The molecule has 2 rings (SSSR count). The van der Waals surface area contributed by atoms with Crippen LogP contribution in [-0.4, -0.2) is 37.2 Å². The van der Waals surface area contributed by atoms with Crippen molar-refractivity contribution in [1.29, 1.82) is 0 Å². The van der Waals surface area contributed by atoms with E-state index in [9.17, 15) is 4.79 Å². The second-order valence-corrected chi connectivity index (χ2v) is 6.12. The third kappa shape index (κ3) is 3.98. The predicted octanol–water partition coefficient (Wildman–Crippen LogP) is 3.41. The summed E-state index contributed by atoms with van der Waals surface area (Å²) in [6.07, 6.45) is 0. The van der Waals surface area contributed by atoms with Crippen LogP contribution >= 0.6 is 0 Å². The van der Waals surface area contributed by atoms with Gasteiger partial charge in [-0.25, -0.2) is 4.79 Å². The molecule has 0 heterocycles. The summed E-state index contributed by atoms with van der Waals surface area (Å²) in [5.74, 6) is 0. The van der Waals surface area contributed by atoms with E-state index in [0.717, 1.165) is 5.56 Å². The molecular weight excluding hydrogens is 276 g/mol. The summed E-state index contributed by atoms with van der Waals surface area (Å²) in [4.78, 5) is 13.9. The topological polar surface area (TPSA) is 41.6 Å². The van der Waals surface area contributed by atoms with Crippen LogP contribution in [0, 0.1) is 0 Å². The highest BCUT2D eigenvalue weighted by Gasteiger charge is 2.19. The van der Waals surface area contributed by atoms with Gasteiger partial charge in [-0.05, 0) is 30.2 Å². The molecule has 0 aliphatic rings. The summed E-state index contributed by atoms with van der Waals surface area (Å²) in [6.45, 7) is 4.93. The Labute approximate surface area is 132 Å². The molecule has 0 fully saturated rings. The molecule has 2 amide bonds. The molecular formula is C18H24N2O2. The monoisotopic (exact) mass is 300 g/mol. The first kappa shape index (κ1) is 16.3. The number of hydrogen-bond donors (Lipinski definition) is 1. The van der Waals surface area contributed by atoms with Crippen LogP contribution in [0.1, 0.15) is 19.4 Å². The van der Waals surface area contributed by atoms with E-state index in [-0.39, 0.29) is 11.6 Å². The number of hydrogen-bond acceptors (Lipinski definition) is 2. The molecule has 0 atom stereocenters. The van der Waals surface area contributed by atoms with E-state index in [2.05, 4.69) is 29.6 Å². The van der Waals surface area contributed by atoms with Crippen molar-refractivity contribution in [2.24, 2.45) is 0 Å². The Morgan fingerprint density at radius 3 is 2.59 bits per heavy atom. The molecule has 0 spiro atoms. The fourth-order valence-electron chi connectivity index (χ4n) is 2.25. The van der Waals surface area contributed by atoms with Crippen LogP contribution in [0.3, 0.4) is 0 Å². The zero-order valence-corrected chi connectivity index (χ0v) is 13.7. The van der Waals surface area contributed by atoms with Gasteiger partial charge in [0.25, 0.3) is 0 Å². The minimum Gasteiger partial charge on any atom is -0.377 e. The van der Waals surface area contributed by atoms with E-state index in [1.54, 1.807) is 19.1 Å². The fraction of sp³-hybridized carbons (Fsp3) is 0.389. The standard InChI is InChI=1S/C18H24N2O2/c1-18(2,22-4)13-19-17(21)20(3)12-15-10-7-9-14-8-5-6-11-16(14)15/h5-11H,12-13H2,1-4H3,(H,19,21). The molecule has 0 saturated heterocycles. The Kier molecular flexibility index (Phi) is 5.03. The smallest absolute Gasteiger partial charge is 0.317 e. The summed E-state index contributed by atoms with van der Waals surface area (Å²) >= 11 is 0. The lowest BCUT2D eigenvalue weighted by Gasteiger charge is -2.25. The summed E-state index contributed by atoms with van der Waals surface area (Å²) < 4.78 is 5.31. The molecule has 0 aromatic heterocycles. The number of fused-ring (bicyclic) bond motifs is 1. The zero-order valence-electron chi connectivity index (χ0n) is 13.7. The predicted molar refractivity (Wildman–Crippen MR) is 89.9 cm³/mol. The minimum atomic E-state index is -0.365. The first-order valence-corrected chi connectivity index (χ1v) is 7.44. The Morgan fingerprint density at radius 2 is 1.86 bits per heavy atom. The number of rotatable bonds is 5. The average molecular weight is 300 g/mol. The highest BCUT2D eigenvalue weighted by atomic mass is 16.5. The minimum absolute atomic E-state index is 0.0990. The van der Waals surface area contributed by atoms with Crippen LogP contribution in [0.15, 0.2) is 42.5 Å². The van der Waals surface area contributed by atoms with Crippen molar-refractivity contribution in [3.05, 3.63) is 48.0 Å². The van der Waals surface area contributed by atoms with Crippen molar-refractivity contribution in [3.8, 4) is 0 Å². The van der Waals surface area contributed by atoms with Gasteiger partial charge in [-0.3, -0.25) is 0 Å². The van der Waals surface area contributed by atoms with Crippen LogP contribution in [0.25, 0.3) is 10.8 Å². The quantitative estimate of drug-likeness (QED) is 0.919. The van der Waals surface area contributed by atoms with Crippen LogP contribution < -0.4 is 5.32 Å². The van der Waals surface area contributed by atoms with Gasteiger partial charge in [0.15, 0.2) is 0 Å². The Bertz CT molecular complexity index is 647. The van der Waals surface area contributed by atoms with E-state index in [1.165, 1.54) is 10.8 Å². The molecule has 4 nitrogen and oxygen atoms in total. The maximum atomic E-state index is 12.2. The number of carbonyl (C=O) groups excluding carboxylic acids is 1. The molecule has 22 heavy (non-hydrogen) atoms. The van der Waals surface area contributed by atoms with Gasteiger partial charge in [-0.2, -0.15) is 0 Å². The first-order valence-electron chi connectivity index (χ1n) is 7.44. The summed E-state index contributed by atoms with van der Waals surface area (Å²) in [5.41, 5.74) is 0.775. The molecule has 0 aliphatic heterocycles. The van der Waals surface area contributed by atoms with Crippen LogP contribution in [0.4, 0.5) is 4.79 Å². The number of ether oxygens (including phenoxy) is 1. The fourth-order valence-corrected chi connectivity index (χ4v) is 2.25. The average Bonchev–Trinajstić information content (AvgIpc) is 2.53. The highest BCUT2D eigenvalue weighted by Crippen LogP contribution is 2.19. The molecule has 0 bridgehead atoms. The number of benzene rings is 2. The van der Waals surface area contributed by atoms with Gasteiger partial charge in [0.05, 0.1) is 5.60 Å². The number of carbonyl (C=O) groups is 1. The van der Waals surface area contributed by atoms with E-state index >= 15 is 0 Å². The SMILES string of the molecule is COC(C)(C)CNC(=O)N(C)Cc1cccc2ccccc12. The van der Waals surface area contributed by atoms with Gasteiger partial charge in [0.1, 0.15) is 0 Å². The van der Waals surface area contributed by atoms with Crippen molar-refractivity contribution >= 4 is 16.8 Å². The van der Waals surface area contributed by atoms with Crippen LogP contribution in [0.5, 0.6) is 0 Å². The van der Waals surface area contributed by atoms with Crippen LogP contribution in [-0.2, 0) is 11.3 Å². The molecule has 1 N–H and O–H groups in total. The molecule has 2 aromatic carbocycles. The molecule has 4 heteroatoms.